The number of aromatic nitrogens is 3. The first-order valence-electron chi connectivity index (χ1n) is 4.81. The third-order valence-corrected chi connectivity index (χ3v) is 1.95. The fourth-order valence-corrected chi connectivity index (χ4v) is 1.09. The molecule has 2 N–H and O–H groups in total. The molecule has 0 aromatic carbocycles. The van der Waals surface area contributed by atoms with Gasteiger partial charge in [-0.1, -0.05) is 0 Å². The zero-order valence-electron chi connectivity index (χ0n) is 9.14. The molecular weight excluding hydrogens is 259 g/mol. The van der Waals surface area contributed by atoms with Gasteiger partial charge in [0, 0.05) is 6.54 Å². The van der Waals surface area contributed by atoms with Crippen LogP contribution in [0.4, 0.5) is 25.1 Å². The third kappa shape index (κ3) is 4.22. The van der Waals surface area contributed by atoms with Crippen LogP contribution in [0, 0.1) is 0 Å². The average molecular weight is 270 g/mol. The van der Waals surface area contributed by atoms with E-state index in [0.29, 0.717) is 6.54 Å². The second-order valence-corrected chi connectivity index (χ2v) is 3.53. The summed E-state index contributed by atoms with van der Waals surface area (Å²) in [5.74, 6) is -0.0878. The minimum atomic E-state index is -4.38. The molecule has 1 rings (SSSR count). The summed E-state index contributed by atoms with van der Waals surface area (Å²) >= 11 is 5.56. The molecule has 0 aliphatic carbocycles. The van der Waals surface area contributed by atoms with E-state index in [-0.39, 0.29) is 17.2 Å². The molecule has 0 bridgehead atoms. The maximum absolute atomic E-state index is 12.3. The van der Waals surface area contributed by atoms with Gasteiger partial charge in [-0.15, -0.1) is 0 Å². The van der Waals surface area contributed by atoms with Gasteiger partial charge in [-0.3, -0.25) is 0 Å². The summed E-state index contributed by atoms with van der Waals surface area (Å²) in [6.45, 7) is 3.28. The van der Waals surface area contributed by atoms with Gasteiger partial charge in [-0.25, -0.2) is 0 Å². The van der Waals surface area contributed by atoms with Gasteiger partial charge in [0.25, 0.3) is 0 Å². The van der Waals surface area contributed by atoms with Crippen LogP contribution < -0.4 is 10.6 Å². The molecule has 1 unspecified atom stereocenters. The Labute approximate surface area is 101 Å². The first kappa shape index (κ1) is 13.8. The van der Waals surface area contributed by atoms with E-state index >= 15 is 0 Å². The number of halogens is 4. The van der Waals surface area contributed by atoms with Gasteiger partial charge < -0.3 is 10.6 Å². The number of alkyl halides is 3. The molecule has 1 heterocycles. The van der Waals surface area contributed by atoms with Crippen molar-refractivity contribution in [3.63, 3.8) is 0 Å². The Balaban J connectivity index is 2.84. The second kappa shape index (κ2) is 5.35. The molecule has 1 aromatic heterocycles. The van der Waals surface area contributed by atoms with Gasteiger partial charge >= 0.3 is 6.18 Å². The quantitative estimate of drug-likeness (QED) is 0.878. The van der Waals surface area contributed by atoms with E-state index in [9.17, 15) is 13.2 Å². The van der Waals surface area contributed by atoms with Gasteiger partial charge in [0.2, 0.25) is 17.2 Å². The molecule has 0 amide bonds. The topological polar surface area (TPSA) is 62.7 Å². The zero-order chi connectivity index (χ0) is 13.1. The summed E-state index contributed by atoms with van der Waals surface area (Å²) in [7, 11) is 0. The maximum atomic E-state index is 12.3. The average Bonchev–Trinajstić information content (AvgIpc) is 2.15. The van der Waals surface area contributed by atoms with Crippen molar-refractivity contribution in [2.24, 2.45) is 0 Å². The molecule has 1 atom stereocenters. The van der Waals surface area contributed by atoms with E-state index in [2.05, 4.69) is 25.6 Å². The number of anilines is 2. The van der Waals surface area contributed by atoms with Crippen molar-refractivity contribution in [3.8, 4) is 0 Å². The predicted octanol–water partition coefficient (Wildman–Crippen LogP) is 2.32. The summed E-state index contributed by atoms with van der Waals surface area (Å²) < 4.78 is 36.9. The van der Waals surface area contributed by atoms with Gasteiger partial charge in [0.15, 0.2) is 0 Å². The SMILES string of the molecule is CCNc1nc(Cl)nc(NC(C)C(F)(F)F)n1. The molecule has 96 valence electrons. The fourth-order valence-electron chi connectivity index (χ4n) is 0.927. The Morgan fingerprint density at radius 1 is 1.24 bits per heavy atom. The highest BCUT2D eigenvalue weighted by Crippen LogP contribution is 2.22. The van der Waals surface area contributed by atoms with E-state index in [1.807, 2.05) is 0 Å². The first-order chi connectivity index (χ1) is 7.82. The zero-order valence-corrected chi connectivity index (χ0v) is 9.89. The Morgan fingerprint density at radius 2 is 1.82 bits per heavy atom. The number of nitrogens with zero attached hydrogens (tertiary/aromatic N) is 3. The molecule has 0 radical (unpaired) electrons. The summed E-state index contributed by atoms with van der Waals surface area (Å²) in [5.41, 5.74) is 0. The summed E-state index contributed by atoms with van der Waals surface area (Å²) in [6.07, 6.45) is -4.38. The molecule has 1 aromatic rings. The lowest BCUT2D eigenvalue weighted by Crippen LogP contribution is -2.33. The Bertz CT molecular complexity index is 384. The minimum Gasteiger partial charge on any atom is -0.354 e. The van der Waals surface area contributed by atoms with Crippen molar-refractivity contribution in [3.05, 3.63) is 5.28 Å². The number of hydrogen-bond donors (Lipinski definition) is 2. The lowest BCUT2D eigenvalue weighted by atomic mass is 10.3. The van der Waals surface area contributed by atoms with Crippen molar-refractivity contribution < 1.29 is 13.2 Å². The molecule has 0 spiro atoms. The van der Waals surface area contributed by atoms with Crippen LogP contribution in [0.5, 0.6) is 0 Å². The monoisotopic (exact) mass is 269 g/mol. The molecule has 0 fully saturated rings. The number of hydrogen-bond acceptors (Lipinski definition) is 5. The highest BCUT2D eigenvalue weighted by molar-refractivity contribution is 6.28. The fraction of sp³-hybridized carbons (Fsp3) is 0.625. The van der Waals surface area contributed by atoms with Crippen LogP contribution in [0.25, 0.3) is 0 Å². The van der Waals surface area contributed by atoms with Crippen molar-refractivity contribution in [2.75, 3.05) is 17.2 Å². The largest absolute Gasteiger partial charge is 0.408 e. The van der Waals surface area contributed by atoms with Crippen LogP contribution in [0.1, 0.15) is 13.8 Å². The van der Waals surface area contributed by atoms with Crippen molar-refractivity contribution in [1.82, 2.24) is 15.0 Å². The molecule has 9 heteroatoms. The van der Waals surface area contributed by atoms with Crippen molar-refractivity contribution >= 4 is 23.5 Å². The highest BCUT2D eigenvalue weighted by atomic mass is 35.5. The van der Waals surface area contributed by atoms with E-state index in [1.54, 1.807) is 6.92 Å². The van der Waals surface area contributed by atoms with Gasteiger partial charge in [-0.2, -0.15) is 28.1 Å². The van der Waals surface area contributed by atoms with Crippen LogP contribution in [0.2, 0.25) is 5.28 Å². The van der Waals surface area contributed by atoms with Gasteiger partial charge in [0.05, 0.1) is 0 Å². The van der Waals surface area contributed by atoms with Crippen LogP contribution in [0.15, 0.2) is 0 Å². The smallest absolute Gasteiger partial charge is 0.354 e. The lowest BCUT2D eigenvalue weighted by molar-refractivity contribution is -0.138. The molecule has 0 aliphatic rings. The van der Waals surface area contributed by atoms with Crippen LogP contribution in [0.3, 0.4) is 0 Å². The van der Waals surface area contributed by atoms with E-state index in [0.717, 1.165) is 6.92 Å². The normalized spacial score (nSPS) is 13.3. The van der Waals surface area contributed by atoms with E-state index < -0.39 is 12.2 Å². The van der Waals surface area contributed by atoms with Crippen LogP contribution >= 0.6 is 11.6 Å². The summed E-state index contributed by atoms with van der Waals surface area (Å²) in [6, 6.07) is -1.77. The second-order valence-electron chi connectivity index (χ2n) is 3.19. The van der Waals surface area contributed by atoms with Crippen LogP contribution in [-0.2, 0) is 0 Å². The number of nitrogens with one attached hydrogen (secondary N) is 2. The van der Waals surface area contributed by atoms with Crippen LogP contribution in [-0.4, -0.2) is 33.7 Å². The maximum Gasteiger partial charge on any atom is 0.408 e. The Kier molecular flexibility index (Phi) is 4.33. The highest BCUT2D eigenvalue weighted by Gasteiger charge is 2.36. The molecular formula is C8H11ClF3N5. The molecule has 5 nitrogen and oxygen atoms in total. The molecule has 0 aliphatic heterocycles. The standard InChI is InChI=1S/C8H11ClF3N5/c1-3-13-6-15-5(9)16-7(17-6)14-4(2)8(10,11)12/h4H,3H2,1-2H3,(H2,13,14,15,16,17). The summed E-state index contributed by atoms with van der Waals surface area (Å²) in [4.78, 5) is 11.0. The van der Waals surface area contributed by atoms with Gasteiger partial charge in [-0.05, 0) is 25.4 Å². The molecule has 17 heavy (non-hydrogen) atoms. The summed E-state index contributed by atoms with van der Waals surface area (Å²) in [5, 5.41) is 4.67. The number of rotatable bonds is 4. The minimum absolute atomic E-state index is 0.129. The molecule has 0 saturated heterocycles. The Morgan fingerprint density at radius 3 is 2.35 bits per heavy atom. The van der Waals surface area contributed by atoms with Gasteiger partial charge in [0.1, 0.15) is 6.04 Å². The van der Waals surface area contributed by atoms with E-state index in [4.69, 9.17) is 11.6 Å². The van der Waals surface area contributed by atoms with Crippen molar-refractivity contribution in [2.45, 2.75) is 26.1 Å². The Hall–Kier alpha value is -1.31. The third-order valence-electron chi connectivity index (χ3n) is 1.78. The van der Waals surface area contributed by atoms with E-state index in [1.165, 1.54) is 0 Å². The van der Waals surface area contributed by atoms with Crippen molar-refractivity contribution in [1.29, 1.82) is 0 Å². The molecule has 0 saturated carbocycles. The lowest BCUT2D eigenvalue weighted by Gasteiger charge is -2.17. The predicted molar refractivity (Wildman–Crippen MR) is 58.1 cm³/mol. The first-order valence-corrected chi connectivity index (χ1v) is 5.19.